The van der Waals surface area contributed by atoms with Gasteiger partial charge in [0.2, 0.25) is 0 Å². The van der Waals surface area contributed by atoms with Gasteiger partial charge >= 0.3 is 0 Å². The molecule has 1 aromatic heterocycles. The van der Waals surface area contributed by atoms with E-state index in [0.717, 1.165) is 35.4 Å². The quantitative estimate of drug-likeness (QED) is 0.686. The van der Waals surface area contributed by atoms with Crippen LogP contribution in [-0.4, -0.2) is 28.4 Å². The first-order valence-electron chi connectivity index (χ1n) is 9.50. The molecular weight excluding hydrogens is 360 g/mol. The van der Waals surface area contributed by atoms with Gasteiger partial charge in [0, 0.05) is 54.8 Å². The number of aromatic nitrogens is 2. The third-order valence-electron chi connectivity index (χ3n) is 4.51. The first kappa shape index (κ1) is 18.5. The van der Waals surface area contributed by atoms with Crippen molar-refractivity contribution >= 4 is 12.1 Å². The number of benzene rings is 2. The minimum Gasteiger partial charge on any atom is -0.352 e. The minimum absolute atomic E-state index is 0.123. The monoisotopic (exact) mass is 380 g/mol. The van der Waals surface area contributed by atoms with E-state index < -0.39 is 0 Å². The van der Waals surface area contributed by atoms with E-state index in [1.165, 1.54) is 0 Å². The van der Waals surface area contributed by atoms with Crippen LogP contribution >= 0.6 is 0 Å². The number of amides is 1. The summed E-state index contributed by atoms with van der Waals surface area (Å²) in [7, 11) is 0. The lowest BCUT2D eigenvalue weighted by molar-refractivity contribution is 0.0954. The van der Waals surface area contributed by atoms with Crippen molar-refractivity contribution < 1.29 is 4.79 Å². The van der Waals surface area contributed by atoms with Crippen LogP contribution in [0.1, 0.15) is 34.3 Å². The number of carbonyl (C=O) groups excluding carboxylic acids is 1. The number of aliphatic imine (C=N–C) groups is 1. The molecule has 0 fully saturated rings. The van der Waals surface area contributed by atoms with Crippen LogP contribution in [-0.2, 0) is 0 Å². The summed E-state index contributed by atoms with van der Waals surface area (Å²) in [6.07, 6.45) is 9.13. The van der Waals surface area contributed by atoms with E-state index in [1.807, 2.05) is 60.9 Å². The second kappa shape index (κ2) is 8.85. The van der Waals surface area contributed by atoms with E-state index in [-0.39, 0.29) is 5.91 Å². The van der Waals surface area contributed by atoms with Crippen molar-refractivity contribution in [2.45, 2.75) is 12.8 Å². The summed E-state index contributed by atoms with van der Waals surface area (Å²) in [5.41, 5.74) is 4.09. The summed E-state index contributed by atoms with van der Waals surface area (Å²) in [4.78, 5) is 16.9. The van der Waals surface area contributed by atoms with Crippen LogP contribution in [0.2, 0.25) is 0 Å². The molecule has 0 saturated heterocycles. The molecule has 142 valence electrons. The molecule has 3 aromatic rings. The Labute approximate surface area is 169 Å². The van der Waals surface area contributed by atoms with Crippen LogP contribution in [0.3, 0.4) is 0 Å². The lowest BCUT2D eigenvalue weighted by Crippen LogP contribution is -2.24. The Morgan fingerprint density at radius 3 is 2.76 bits per heavy atom. The molecule has 0 radical (unpaired) electrons. The van der Waals surface area contributed by atoms with Crippen molar-refractivity contribution in [3.8, 4) is 17.5 Å². The smallest absolute Gasteiger partial charge is 0.251 e. The zero-order chi connectivity index (χ0) is 19.9. The summed E-state index contributed by atoms with van der Waals surface area (Å²) in [5.74, 6) is 6.24. The topological polar surface area (TPSA) is 59.3 Å². The summed E-state index contributed by atoms with van der Waals surface area (Å²) in [6.45, 7) is 0.550. The zero-order valence-corrected chi connectivity index (χ0v) is 15.9. The van der Waals surface area contributed by atoms with Gasteiger partial charge in [0.25, 0.3) is 5.91 Å². The fourth-order valence-electron chi connectivity index (χ4n) is 3.03. The molecule has 2 heterocycles. The fraction of sp³-hybridized carbons (Fsp3) is 0.125. The third-order valence-corrected chi connectivity index (χ3v) is 4.51. The molecule has 1 aliphatic rings. The van der Waals surface area contributed by atoms with Crippen LogP contribution < -0.4 is 5.32 Å². The minimum atomic E-state index is -0.123. The SMILES string of the molecule is O=C(NCCC1=CCC=N1)c1ccc(-n2cccn2)c(C#Cc2ccccc2)c1. The lowest BCUT2D eigenvalue weighted by atomic mass is 10.1. The number of carbonyl (C=O) groups is 1. The summed E-state index contributed by atoms with van der Waals surface area (Å²) >= 11 is 0. The van der Waals surface area contributed by atoms with Crippen LogP contribution in [0.15, 0.2) is 83.8 Å². The highest BCUT2D eigenvalue weighted by Crippen LogP contribution is 2.16. The van der Waals surface area contributed by atoms with Gasteiger partial charge in [-0.05, 0) is 36.4 Å². The number of rotatable bonds is 5. The maximum atomic E-state index is 12.6. The predicted molar refractivity (Wildman–Crippen MR) is 114 cm³/mol. The molecule has 0 saturated carbocycles. The largest absolute Gasteiger partial charge is 0.352 e. The summed E-state index contributed by atoms with van der Waals surface area (Å²) in [6, 6.07) is 17.1. The molecule has 1 aliphatic heterocycles. The van der Waals surface area contributed by atoms with Crippen LogP contribution in [0, 0.1) is 11.8 Å². The van der Waals surface area contributed by atoms with Crippen molar-refractivity contribution in [1.82, 2.24) is 15.1 Å². The number of allylic oxidation sites excluding steroid dienone is 1. The molecule has 2 aromatic carbocycles. The molecule has 0 spiro atoms. The molecule has 1 N–H and O–H groups in total. The first-order chi connectivity index (χ1) is 14.3. The third kappa shape index (κ3) is 4.69. The zero-order valence-electron chi connectivity index (χ0n) is 15.9. The normalized spacial score (nSPS) is 12.2. The standard InChI is InChI=1S/C24H20N4O/c29-24(26-16-13-22-8-4-14-25-22)21-11-12-23(28-17-5-15-27-28)20(18-21)10-9-19-6-2-1-3-7-19/h1-3,5-8,11-12,14-15,17-18H,4,13,16H2,(H,26,29). The van der Waals surface area contributed by atoms with Gasteiger partial charge in [-0.2, -0.15) is 5.10 Å². The second-order valence-electron chi connectivity index (χ2n) is 6.55. The molecule has 5 nitrogen and oxygen atoms in total. The van der Waals surface area contributed by atoms with Crippen molar-refractivity contribution in [3.05, 3.63) is 95.5 Å². The molecule has 5 heteroatoms. The molecule has 0 atom stereocenters. The Morgan fingerprint density at radius 2 is 2.00 bits per heavy atom. The van der Waals surface area contributed by atoms with Gasteiger partial charge in [0.1, 0.15) is 0 Å². The average molecular weight is 380 g/mol. The van der Waals surface area contributed by atoms with E-state index in [1.54, 1.807) is 16.9 Å². The van der Waals surface area contributed by atoms with Gasteiger partial charge in [-0.3, -0.25) is 9.79 Å². The van der Waals surface area contributed by atoms with E-state index in [4.69, 9.17) is 0 Å². The highest BCUT2D eigenvalue weighted by atomic mass is 16.1. The molecule has 0 aliphatic carbocycles. The van der Waals surface area contributed by atoms with E-state index >= 15 is 0 Å². The molecule has 0 unspecified atom stereocenters. The van der Waals surface area contributed by atoms with Crippen LogP contribution in [0.25, 0.3) is 5.69 Å². The van der Waals surface area contributed by atoms with Gasteiger partial charge in [-0.25, -0.2) is 4.68 Å². The van der Waals surface area contributed by atoms with E-state index in [2.05, 4.69) is 33.3 Å². The van der Waals surface area contributed by atoms with Gasteiger partial charge in [0.15, 0.2) is 0 Å². The Kier molecular flexibility index (Phi) is 5.63. The number of hydrogen-bond donors (Lipinski definition) is 1. The fourth-order valence-corrected chi connectivity index (χ4v) is 3.03. The Morgan fingerprint density at radius 1 is 1.10 bits per heavy atom. The Hall–Kier alpha value is -3.91. The molecule has 4 rings (SSSR count). The van der Waals surface area contributed by atoms with Crippen LogP contribution in [0.5, 0.6) is 0 Å². The number of nitrogens with one attached hydrogen (secondary N) is 1. The second-order valence-corrected chi connectivity index (χ2v) is 6.55. The predicted octanol–water partition coefficient (Wildman–Crippen LogP) is 3.75. The summed E-state index contributed by atoms with van der Waals surface area (Å²) < 4.78 is 1.75. The van der Waals surface area contributed by atoms with Crippen LogP contribution in [0.4, 0.5) is 0 Å². The van der Waals surface area contributed by atoms with E-state index in [9.17, 15) is 4.79 Å². The van der Waals surface area contributed by atoms with Crippen molar-refractivity contribution in [3.63, 3.8) is 0 Å². The first-order valence-corrected chi connectivity index (χ1v) is 9.50. The maximum absolute atomic E-state index is 12.6. The summed E-state index contributed by atoms with van der Waals surface area (Å²) in [5, 5.41) is 7.26. The highest BCUT2D eigenvalue weighted by molar-refractivity contribution is 5.95. The molecule has 29 heavy (non-hydrogen) atoms. The average Bonchev–Trinajstić information content (AvgIpc) is 3.47. The van der Waals surface area contributed by atoms with Crippen molar-refractivity contribution in [2.75, 3.05) is 6.54 Å². The molecule has 1 amide bonds. The number of nitrogens with zero attached hydrogens (tertiary/aromatic N) is 3. The Balaban J connectivity index is 1.56. The Bertz CT molecular complexity index is 1120. The highest BCUT2D eigenvalue weighted by Gasteiger charge is 2.10. The van der Waals surface area contributed by atoms with Crippen molar-refractivity contribution in [1.29, 1.82) is 0 Å². The maximum Gasteiger partial charge on any atom is 0.251 e. The van der Waals surface area contributed by atoms with Gasteiger partial charge < -0.3 is 5.32 Å². The van der Waals surface area contributed by atoms with Gasteiger partial charge in [-0.1, -0.05) is 36.1 Å². The van der Waals surface area contributed by atoms with Crippen molar-refractivity contribution in [2.24, 2.45) is 4.99 Å². The van der Waals surface area contributed by atoms with E-state index in [0.29, 0.717) is 12.1 Å². The molecular formula is C24H20N4O. The number of hydrogen-bond acceptors (Lipinski definition) is 3. The molecule has 0 bridgehead atoms. The van der Waals surface area contributed by atoms with Gasteiger partial charge in [0.05, 0.1) is 11.3 Å². The lowest BCUT2D eigenvalue weighted by Gasteiger charge is -2.09. The van der Waals surface area contributed by atoms with Gasteiger partial charge in [-0.15, -0.1) is 0 Å².